The number of benzene rings is 5. The zero-order chi connectivity index (χ0) is 31.5. The van der Waals surface area contributed by atoms with Gasteiger partial charge in [-0.25, -0.2) is 18.6 Å². The lowest BCUT2D eigenvalue weighted by Gasteiger charge is -2.17. The van der Waals surface area contributed by atoms with Gasteiger partial charge in [0.2, 0.25) is 0 Å². The molecule has 43 heavy (non-hydrogen) atoms. The van der Waals surface area contributed by atoms with Crippen molar-refractivity contribution in [1.82, 2.24) is 0 Å². The Bertz CT molecular complexity index is 1470. The summed E-state index contributed by atoms with van der Waals surface area (Å²) in [6, 6.07) is 46.6. The molecule has 5 aromatic carbocycles. The van der Waals surface area contributed by atoms with E-state index in [9.17, 15) is 0 Å². The van der Waals surface area contributed by atoms with Gasteiger partial charge in [0.1, 0.15) is 11.5 Å². The molecule has 0 aliphatic carbocycles. The predicted octanol–water partition coefficient (Wildman–Crippen LogP) is -0.0341. The van der Waals surface area contributed by atoms with Gasteiger partial charge in [-0.05, 0) is 100 Å². The standard InChI is InChI=1S/C30H22IOS.2ClHO4/c31-30-14-8-7-13-29(30)23-15-17-24(18-16-23)32-25-19-21-28(22-20-25)33(26-9-3-1-4-10-26)27-11-5-2-6-12-27;2*2-1(3,4)5/h1-22H;2*(H,2,3,4,5)/q+1;;/p-1. The van der Waals surface area contributed by atoms with Crippen LogP contribution in [0.2, 0.25) is 0 Å². The van der Waals surface area contributed by atoms with Crippen molar-refractivity contribution >= 4 is 33.5 Å². The number of hydrogen-bond donors (Lipinski definition) is 1. The normalized spacial score (nSPS) is 11.1. The molecule has 0 aliphatic heterocycles. The Hall–Kier alpha value is -2.76. The van der Waals surface area contributed by atoms with Gasteiger partial charge < -0.3 is 4.74 Å². The average molecular weight is 757 g/mol. The lowest BCUT2D eigenvalue weighted by molar-refractivity contribution is -2.00. The second-order valence-corrected chi connectivity index (χ2v) is 13.0. The molecule has 0 atom stereocenters. The van der Waals surface area contributed by atoms with E-state index in [4.69, 9.17) is 42.0 Å². The van der Waals surface area contributed by atoms with Crippen molar-refractivity contribution in [3.05, 3.63) is 137 Å². The van der Waals surface area contributed by atoms with Crippen molar-refractivity contribution < 1.29 is 62.5 Å². The molecular formula is C30H23Cl2IO9S. The van der Waals surface area contributed by atoms with Crippen molar-refractivity contribution in [2.45, 2.75) is 14.7 Å². The van der Waals surface area contributed by atoms with Crippen molar-refractivity contribution in [3.63, 3.8) is 0 Å². The molecule has 0 spiro atoms. The SMILES string of the molecule is Ic1ccccc1-c1ccc(Oc2ccc([S+](c3ccccc3)c3ccccc3)cc2)cc1.[O-][Cl+3]([O-])([O-])O.[O-][Cl+3]([O-])([O-])[O-]. The van der Waals surface area contributed by atoms with Gasteiger partial charge in [0.25, 0.3) is 0 Å². The van der Waals surface area contributed by atoms with Crippen molar-refractivity contribution in [2.75, 3.05) is 0 Å². The monoisotopic (exact) mass is 756 g/mol. The Kier molecular flexibility index (Phi) is 13.2. The fourth-order valence-corrected chi connectivity index (χ4v) is 6.48. The average Bonchev–Trinajstić information content (AvgIpc) is 2.94. The molecule has 0 saturated carbocycles. The van der Waals surface area contributed by atoms with Crippen LogP contribution in [0.25, 0.3) is 11.1 Å². The van der Waals surface area contributed by atoms with Crippen molar-refractivity contribution in [3.8, 4) is 22.6 Å². The number of hydrogen-bond acceptors (Lipinski definition) is 9. The maximum Gasteiger partial charge on any atom is 0.166 e. The minimum atomic E-state index is -4.94. The first-order valence-electron chi connectivity index (χ1n) is 12.0. The van der Waals surface area contributed by atoms with E-state index in [2.05, 4.69) is 144 Å². The van der Waals surface area contributed by atoms with Gasteiger partial charge >= 0.3 is 0 Å². The van der Waals surface area contributed by atoms with E-state index < -0.39 is 20.5 Å². The van der Waals surface area contributed by atoms with Gasteiger partial charge in [0.05, 0.1) is 25.8 Å². The Balaban J connectivity index is 0.000000440. The van der Waals surface area contributed by atoms with Crippen molar-refractivity contribution in [1.29, 1.82) is 0 Å². The van der Waals surface area contributed by atoms with E-state index in [1.54, 1.807) is 0 Å². The molecule has 5 aromatic rings. The molecule has 9 nitrogen and oxygen atoms in total. The summed E-state index contributed by atoms with van der Waals surface area (Å²) in [5.74, 6) is 1.67. The summed E-state index contributed by atoms with van der Waals surface area (Å²) >= 11 is 2.38. The Morgan fingerprint density at radius 1 is 0.512 bits per heavy atom. The van der Waals surface area contributed by atoms with Crippen LogP contribution in [0.5, 0.6) is 11.5 Å². The molecule has 0 unspecified atom stereocenters. The van der Waals surface area contributed by atoms with E-state index in [1.165, 1.54) is 29.4 Å². The van der Waals surface area contributed by atoms with Crippen LogP contribution < -0.4 is 37.3 Å². The van der Waals surface area contributed by atoms with E-state index in [-0.39, 0.29) is 10.9 Å². The van der Waals surface area contributed by atoms with E-state index in [1.807, 2.05) is 12.1 Å². The van der Waals surface area contributed by atoms with Gasteiger partial charge in [0.15, 0.2) is 14.7 Å². The van der Waals surface area contributed by atoms with Gasteiger partial charge in [-0.1, -0.05) is 66.7 Å². The Morgan fingerprint density at radius 3 is 1.28 bits per heavy atom. The molecule has 224 valence electrons. The summed E-state index contributed by atoms with van der Waals surface area (Å²) < 4.78 is 74.1. The second kappa shape index (κ2) is 16.4. The van der Waals surface area contributed by atoms with Crippen LogP contribution in [-0.2, 0) is 10.9 Å². The Morgan fingerprint density at radius 2 is 0.860 bits per heavy atom. The van der Waals surface area contributed by atoms with Crippen molar-refractivity contribution in [2.24, 2.45) is 0 Å². The molecule has 0 fully saturated rings. The fourth-order valence-electron chi connectivity index (χ4n) is 3.70. The molecule has 0 aliphatic rings. The molecule has 0 aromatic heterocycles. The lowest BCUT2D eigenvalue weighted by Crippen LogP contribution is -2.68. The highest BCUT2D eigenvalue weighted by atomic mass is 127. The quantitative estimate of drug-likeness (QED) is 0.183. The van der Waals surface area contributed by atoms with Crippen LogP contribution in [-0.4, -0.2) is 4.66 Å². The lowest BCUT2D eigenvalue weighted by atomic mass is 10.1. The largest absolute Gasteiger partial charge is 0.457 e. The van der Waals surface area contributed by atoms with Gasteiger partial charge in [-0.2, -0.15) is 14.0 Å². The van der Waals surface area contributed by atoms with Crippen LogP contribution in [0.15, 0.2) is 148 Å². The second-order valence-electron chi connectivity index (χ2n) is 8.28. The zero-order valence-electron chi connectivity index (χ0n) is 22.0. The highest BCUT2D eigenvalue weighted by Crippen LogP contribution is 2.33. The Labute approximate surface area is 268 Å². The first-order chi connectivity index (χ1) is 20.3. The molecule has 0 heterocycles. The topological polar surface area (TPSA) is 191 Å². The molecule has 0 amide bonds. The maximum absolute atomic E-state index is 8.60. The molecule has 1 N–H and O–H groups in total. The van der Waals surface area contributed by atoms with Gasteiger partial charge in [0, 0.05) is 3.57 Å². The van der Waals surface area contributed by atoms with Crippen LogP contribution in [0.4, 0.5) is 0 Å². The number of ether oxygens (including phenoxy) is 1. The summed E-state index contributed by atoms with van der Waals surface area (Å²) in [4.78, 5) is 3.89. The van der Waals surface area contributed by atoms with E-state index in [0.717, 1.165) is 11.5 Å². The van der Waals surface area contributed by atoms with Crippen LogP contribution in [0.1, 0.15) is 0 Å². The van der Waals surface area contributed by atoms with E-state index >= 15 is 0 Å². The third kappa shape index (κ3) is 13.2. The highest BCUT2D eigenvalue weighted by molar-refractivity contribution is 14.1. The van der Waals surface area contributed by atoms with Crippen LogP contribution in [0, 0.1) is 24.1 Å². The minimum absolute atomic E-state index is 0.152. The third-order valence-electron chi connectivity index (χ3n) is 5.29. The summed E-state index contributed by atoms with van der Waals surface area (Å²) in [5.41, 5.74) is 2.43. The summed E-state index contributed by atoms with van der Waals surface area (Å²) in [5, 5.41) is 0. The predicted molar refractivity (Wildman–Crippen MR) is 148 cm³/mol. The van der Waals surface area contributed by atoms with Gasteiger partial charge in [-0.15, -0.1) is 10.2 Å². The third-order valence-corrected chi connectivity index (χ3v) is 8.46. The van der Waals surface area contributed by atoms with Gasteiger partial charge in [-0.3, -0.25) is 0 Å². The maximum atomic E-state index is 8.60. The summed E-state index contributed by atoms with van der Waals surface area (Å²) in [6.07, 6.45) is 0. The van der Waals surface area contributed by atoms with Crippen LogP contribution >= 0.6 is 22.6 Å². The molecule has 0 bridgehead atoms. The molecule has 0 saturated heterocycles. The first-order valence-corrected chi connectivity index (χ1v) is 16.8. The highest BCUT2D eigenvalue weighted by Gasteiger charge is 2.28. The molecular weight excluding hydrogens is 734 g/mol. The molecule has 0 radical (unpaired) electrons. The number of rotatable bonds is 6. The zero-order valence-corrected chi connectivity index (χ0v) is 26.4. The summed E-state index contributed by atoms with van der Waals surface area (Å²) in [7, 11) is -9.79. The fraction of sp³-hybridized carbons (Fsp3) is 0. The molecule has 5 rings (SSSR count). The molecule has 13 heteroatoms. The smallest absolute Gasteiger partial charge is 0.166 e. The van der Waals surface area contributed by atoms with Crippen LogP contribution in [0.3, 0.4) is 0 Å². The minimum Gasteiger partial charge on any atom is -0.457 e. The number of halogens is 3. The van der Waals surface area contributed by atoms with E-state index in [0.29, 0.717) is 0 Å². The summed E-state index contributed by atoms with van der Waals surface area (Å²) in [6.45, 7) is 0. The first kappa shape index (κ1) is 34.7.